The summed E-state index contributed by atoms with van der Waals surface area (Å²) in [4.78, 5) is 33.3. The Labute approximate surface area is 311 Å². The van der Waals surface area contributed by atoms with Crippen LogP contribution in [0.5, 0.6) is 11.5 Å². The average molecular weight is 719 g/mol. The molecule has 5 N–H and O–H groups in total. The molecule has 3 aromatic heterocycles. The van der Waals surface area contributed by atoms with Gasteiger partial charge in [0.05, 0.1) is 26.2 Å². The van der Waals surface area contributed by atoms with Crippen LogP contribution < -0.4 is 15.4 Å². The van der Waals surface area contributed by atoms with Gasteiger partial charge in [0.2, 0.25) is 5.91 Å². The van der Waals surface area contributed by atoms with Gasteiger partial charge in [0.25, 0.3) is 5.91 Å². The molecule has 0 aliphatic rings. The zero-order chi connectivity index (χ0) is 37.4. The zero-order valence-electron chi connectivity index (χ0n) is 29.5. The molecule has 1 atom stereocenters. The molecule has 2 amide bonds. The van der Waals surface area contributed by atoms with Crippen molar-refractivity contribution in [3.8, 4) is 17.6 Å². The molecule has 3 heterocycles. The van der Waals surface area contributed by atoms with Crippen molar-refractivity contribution >= 4 is 39.7 Å². The lowest BCUT2D eigenvalue weighted by Gasteiger charge is -2.20. The third kappa shape index (κ3) is 8.00. The molecule has 54 heavy (non-hydrogen) atoms. The van der Waals surface area contributed by atoms with E-state index in [9.17, 15) is 20.0 Å². The summed E-state index contributed by atoms with van der Waals surface area (Å²) in [5.41, 5.74) is 5.55. The molecule has 4 aromatic carbocycles. The maximum absolute atomic E-state index is 13.6. The van der Waals surface area contributed by atoms with Gasteiger partial charge in [-0.2, -0.15) is 5.26 Å². The van der Waals surface area contributed by atoms with E-state index in [4.69, 9.17) is 9.84 Å². The molecule has 7 rings (SSSR count). The number of rotatable bonds is 14. The molecule has 0 saturated carbocycles. The topological polar surface area (TPSA) is 174 Å². The summed E-state index contributed by atoms with van der Waals surface area (Å²) in [5, 5.41) is 36.5. The van der Waals surface area contributed by atoms with Gasteiger partial charge in [-0.15, -0.1) is 10.2 Å². The number of fused-ring (bicyclic) bond motifs is 2. The lowest BCUT2D eigenvalue weighted by atomic mass is 10.0. The van der Waals surface area contributed by atoms with Gasteiger partial charge < -0.3 is 35.0 Å². The fourth-order valence-corrected chi connectivity index (χ4v) is 6.58. The molecule has 0 spiro atoms. The maximum atomic E-state index is 13.6. The van der Waals surface area contributed by atoms with Crippen LogP contribution in [-0.2, 0) is 35.4 Å². The number of aromatic hydroxyl groups is 1. The number of H-pyrrole nitrogens is 2. The fraction of sp³-hybridized carbons (Fsp3) is 0.167. The Bertz CT molecular complexity index is 2490. The number of carbonyl (C=O) groups excluding carboxylic acids is 2. The van der Waals surface area contributed by atoms with Crippen molar-refractivity contribution in [3.05, 3.63) is 149 Å². The summed E-state index contributed by atoms with van der Waals surface area (Å²) < 4.78 is 7.45. The van der Waals surface area contributed by atoms with Gasteiger partial charge in [-0.05, 0) is 71.1 Å². The van der Waals surface area contributed by atoms with Crippen molar-refractivity contribution in [2.45, 2.75) is 31.8 Å². The number of nitrogens with zero attached hydrogens (tertiary/aromatic N) is 4. The fourth-order valence-electron chi connectivity index (χ4n) is 6.58. The van der Waals surface area contributed by atoms with Crippen molar-refractivity contribution in [3.63, 3.8) is 0 Å². The van der Waals surface area contributed by atoms with Crippen LogP contribution >= 0.6 is 0 Å². The minimum absolute atomic E-state index is 0.0650. The van der Waals surface area contributed by atoms with Crippen LogP contribution in [0.15, 0.2) is 115 Å². The first-order valence-electron chi connectivity index (χ1n) is 17.5. The highest BCUT2D eigenvalue weighted by atomic mass is 16.5. The number of nitrogens with one attached hydrogen (secondary N) is 4. The molecule has 12 heteroatoms. The third-order valence-electron chi connectivity index (χ3n) is 9.37. The molecular weight excluding hydrogens is 681 g/mol. The second kappa shape index (κ2) is 16.0. The maximum Gasteiger partial charge on any atom is 0.262 e. The van der Waals surface area contributed by atoms with Crippen molar-refractivity contribution in [2.24, 2.45) is 0 Å². The number of phenols is 1. The van der Waals surface area contributed by atoms with E-state index in [-0.39, 0.29) is 17.9 Å². The first kappa shape index (κ1) is 35.3. The summed E-state index contributed by atoms with van der Waals surface area (Å²) in [6, 6.07) is 31.3. The molecule has 0 aliphatic carbocycles. The van der Waals surface area contributed by atoms with Crippen LogP contribution in [0.2, 0.25) is 0 Å². The van der Waals surface area contributed by atoms with Gasteiger partial charge >= 0.3 is 0 Å². The number of hydrogen-bond donors (Lipinski definition) is 5. The minimum atomic E-state index is -0.698. The van der Waals surface area contributed by atoms with Crippen molar-refractivity contribution in [1.82, 2.24) is 35.4 Å². The van der Waals surface area contributed by atoms with Crippen molar-refractivity contribution in [2.75, 3.05) is 13.7 Å². The summed E-state index contributed by atoms with van der Waals surface area (Å²) in [6.07, 6.45) is 7.06. The average Bonchev–Trinajstić information content (AvgIpc) is 3.93. The van der Waals surface area contributed by atoms with Crippen molar-refractivity contribution in [1.29, 1.82) is 5.26 Å². The second-order valence-corrected chi connectivity index (χ2v) is 12.9. The number of aromatic amines is 2. The molecule has 270 valence electrons. The molecular formula is C42H38N8O4. The molecule has 7 aromatic rings. The number of hydrogen-bond acceptors (Lipinski definition) is 7. The highest BCUT2D eigenvalue weighted by Crippen LogP contribution is 2.27. The highest BCUT2D eigenvalue weighted by Gasteiger charge is 2.26. The molecule has 0 radical (unpaired) electrons. The summed E-state index contributed by atoms with van der Waals surface area (Å²) >= 11 is 0. The van der Waals surface area contributed by atoms with Crippen LogP contribution in [0.4, 0.5) is 0 Å². The highest BCUT2D eigenvalue weighted by molar-refractivity contribution is 6.03. The predicted molar refractivity (Wildman–Crippen MR) is 205 cm³/mol. The predicted octanol–water partition coefficient (Wildman–Crippen LogP) is 5.91. The van der Waals surface area contributed by atoms with Crippen molar-refractivity contribution < 1.29 is 19.4 Å². The summed E-state index contributed by atoms with van der Waals surface area (Å²) in [6.45, 7) is 0.0674. The Kier molecular flexibility index (Phi) is 10.5. The van der Waals surface area contributed by atoms with E-state index in [2.05, 4.69) is 42.4 Å². The van der Waals surface area contributed by atoms with Crippen LogP contribution in [0, 0.1) is 11.3 Å². The summed E-state index contributed by atoms with van der Waals surface area (Å²) in [7, 11) is 1.63. The monoisotopic (exact) mass is 718 g/mol. The number of nitriles is 1. The molecule has 0 bridgehead atoms. The number of ether oxygens (including phenoxy) is 1. The van der Waals surface area contributed by atoms with E-state index < -0.39 is 17.9 Å². The Morgan fingerprint density at radius 1 is 0.889 bits per heavy atom. The Hall–Kier alpha value is -7.13. The van der Waals surface area contributed by atoms with E-state index in [0.29, 0.717) is 30.8 Å². The van der Waals surface area contributed by atoms with Crippen LogP contribution in [0.1, 0.15) is 39.9 Å². The number of phenolic OH excluding ortho intramolecular Hbond substituents is 1. The second-order valence-electron chi connectivity index (χ2n) is 12.9. The first-order chi connectivity index (χ1) is 26.4. The molecule has 0 saturated heterocycles. The number of methoxy groups -OCH3 is 1. The molecule has 0 aliphatic heterocycles. The van der Waals surface area contributed by atoms with E-state index >= 15 is 0 Å². The van der Waals surface area contributed by atoms with Gasteiger partial charge in [0.15, 0.2) is 5.82 Å². The van der Waals surface area contributed by atoms with Gasteiger partial charge in [-0.3, -0.25) is 9.59 Å². The quantitative estimate of drug-likeness (QED) is 0.0687. The van der Waals surface area contributed by atoms with Crippen LogP contribution in [-0.4, -0.2) is 55.3 Å². The number of aromatic nitrogens is 5. The standard InChI is InChI=1S/C42H38N8O4/c1-54-33-17-12-28(13-18-33)26-50-39(19-14-29-23-44-36-8-4-2-6-34(29)36)48-49-41(50)38(21-31-24-45-37-9-5-3-7-35(31)37)47-40(52)25-46-42(53)30(22-43)20-27-10-15-32(51)16-11-27/h2-13,15-18,20,23-24,38,44-45,51H,14,19,21,25-26H2,1H3,(H,46,53)(H,47,52)/b30-20+/t38-/m1/s1. The van der Waals surface area contributed by atoms with E-state index in [0.717, 1.165) is 50.9 Å². The normalized spacial score (nSPS) is 12.0. The van der Waals surface area contributed by atoms with E-state index in [1.165, 1.54) is 23.8 Å². The largest absolute Gasteiger partial charge is 0.508 e. The van der Waals surface area contributed by atoms with Gasteiger partial charge in [0, 0.05) is 47.0 Å². The lowest BCUT2D eigenvalue weighted by Crippen LogP contribution is -2.40. The number of para-hydroxylation sites is 2. The molecule has 12 nitrogen and oxygen atoms in total. The van der Waals surface area contributed by atoms with Gasteiger partial charge in [-0.25, -0.2) is 0 Å². The zero-order valence-corrected chi connectivity index (χ0v) is 29.5. The van der Waals surface area contributed by atoms with Crippen LogP contribution in [0.3, 0.4) is 0 Å². The molecule has 0 fully saturated rings. The minimum Gasteiger partial charge on any atom is -0.508 e. The van der Waals surface area contributed by atoms with E-state index in [1.54, 1.807) is 19.2 Å². The smallest absolute Gasteiger partial charge is 0.262 e. The SMILES string of the molecule is COc1ccc(Cn2c(CCc3c[nH]c4ccccc34)nnc2[C@@H](Cc2c[nH]c3ccccc23)NC(=O)CNC(=O)/C(C#N)=C/c2ccc(O)cc2)cc1. The van der Waals surface area contributed by atoms with E-state index in [1.807, 2.05) is 79.1 Å². The third-order valence-corrected chi connectivity index (χ3v) is 9.37. The Balaban J connectivity index is 1.18. The number of aryl methyl sites for hydroxylation is 2. The molecule has 0 unspecified atom stereocenters. The van der Waals surface area contributed by atoms with Gasteiger partial charge in [-0.1, -0.05) is 60.7 Å². The van der Waals surface area contributed by atoms with Gasteiger partial charge in [0.1, 0.15) is 29.0 Å². The lowest BCUT2D eigenvalue weighted by molar-refractivity contribution is -0.124. The van der Waals surface area contributed by atoms with Crippen LogP contribution in [0.25, 0.3) is 27.9 Å². The number of benzene rings is 4. The number of amides is 2. The summed E-state index contributed by atoms with van der Waals surface area (Å²) in [5.74, 6) is 0.970. The number of carbonyl (C=O) groups is 2. The Morgan fingerprint density at radius 3 is 2.24 bits per heavy atom. The first-order valence-corrected chi connectivity index (χ1v) is 17.5. The Morgan fingerprint density at radius 2 is 1.56 bits per heavy atom.